The van der Waals surface area contributed by atoms with Crippen molar-refractivity contribution in [3.05, 3.63) is 57.3 Å². The maximum absolute atomic E-state index is 13.4. The number of nitrogens with one attached hydrogen (secondary N) is 1. The molecule has 0 aliphatic rings. The zero-order valence-corrected chi connectivity index (χ0v) is 13.4. The van der Waals surface area contributed by atoms with Crippen LogP contribution in [-0.4, -0.2) is 7.11 Å². The third-order valence-electron chi connectivity index (χ3n) is 2.96. The van der Waals surface area contributed by atoms with Gasteiger partial charge in [-0.2, -0.15) is 0 Å². The molecule has 2 nitrogen and oxygen atoms in total. The molecule has 0 aliphatic carbocycles. The minimum absolute atomic E-state index is 0.00855. The Hall–Kier alpha value is -1.26. The zero-order valence-electron chi connectivity index (χ0n) is 11.1. The number of halogens is 3. The average molecular weight is 359 g/mol. The van der Waals surface area contributed by atoms with Crippen molar-refractivity contribution >= 4 is 33.2 Å². The van der Waals surface area contributed by atoms with Crippen LogP contribution in [0.5, 0.6) is 5.75 Å². The second-order valence-corrected chi connectivity index (χ2v) is 5.70. The summed E-state index contributed by atoms with van der Waals surface area (Å²) in [5, 5.41) is 3.95. The van der Waals surface area contributed by atoms with Crippen molar-refractivity contribution in [3.8, 4) is 5.75 Å². The average Bonchev–Trinajstić information content (AvgIpc) is 2.40. The van der Waals surface area contributed by atoms with Crippen molar-refractivity contribution < 1.29 is 9.13 Å². The predicted molar refractivity (Wildman–Crippen MR) is 84.1 cm³/mol. The van der Waals surface area contributed by atoms with E-state index >= 15 is 0 Å². The first kappa shape index (κ1) is 15.1. The van der Waals surface area contributed by atoms with Crippen LogP contribution in [0, 0.1) is 5.82 Å². The molecule has 2 aromatic rings. The van der Waals surface area contributed by atoms with Gasteiger partial charge in [0.25, 0.3) is 0 Å². The van der Waals surface area contributed by atoms with E-state index in [0.717, 1.165) is 15.7 Å². The maximum Gasteiger partial charge on any atom is 0.165 e. The van der Waals surface area contributed by atoms with Gasteiger partial charge in [-0.1, -0.05) is 33.6 Å². The summed E-state index contributed by atoms with van der Waals surface area (Å²) in [6.45, 7) is 1.99. The van der Waals surface area contributed by atoms with E-state index in [-0.39, 0.29) is 17.6 Å². The Morgan fingerprint density at radius 3 is 2.65 bits per heavy atom. The van der Waals surface area contributed by atoms with Crippen LogP contribution in [0.4, 0.5) is 10.1 Å². The lowest BCUT2D eigenvalue weighted by atomic mass is 10.1. The molecular weight excluding hydrogens is 345 g/mol. The molecule has 0 saturated carbocycles. The molecule has 1 unspecified atom stereocenters. The third kappa shape index (κ3) is 3.44. The topological polar surface area (TPSA) is 21.3 Å². The molecule has 0 fully saturated rings. The van der Waals surface area contributed by atoms with Crippen LogP contribution >= 0.6 is 27.5 Å². The molecule has 106 valence electrons. The first-order chi connectivity index (χ1) is 9.51. The Morgan fingerprint density at radius 2 is 2.00 bits per heavy atom. The molecule has 0 bridgehead atoms. The number of ether oxygens (including phenoxy) is 1. The van der Waals surface area contributed by atoms with Gasteiger partial charge in [0.1, 0.15) is 0 Å². The van der Waals surface area contributed by atoms with Gasteiger partial charge in [0, 0.05) is 27.3 Å². The van der Waals surface area contributed by atoms with E-state index in [2.05, 4.69) is 21.2 Å². The van der Waals surface area contributed by atoms with Crippen LogP contribution < -0.4 is 10.1 Å². The van der Waals surface area contributed by atoms with Gasteiger partial charge in [-0.15, -0.1) is 0 Å². The molecule has 5 heteroatoms. The summed E-state index contributed by atoms with van der Waals surface area (Å²) in [4.78, 5) is 0. The highest BCUT2D eigenvalue weighted by atomic mass is 79.9. The Morgan fingerprint density at radius 1 is 1.25 bits per heavy atom. The quantitative estimate of drug-likeness (QED) is 0.787. The number of anilines is 1. The Bertz CT molecular complexity index is 621. The first-order valence-electron chi connectivity index (χ1n) is 6.06. The predicted octanol–water partition coefficient (Wildman–Crippen LogP) is 5.42. The van der Waals surface area contributed by atoms with Crippen LogP contribution in [0.25, 0.3) is 0 Å². The van der Waals surface area contributed by atoms with Gasteiger partial charge >= 0.3 is 0 Å². The summed E-state index contributed by atoms with van der Waals surface area (Å²) in [7, 11) is 1.44. The molecule has 0 amide bonds. The van der Waals surface area contributed by atoms with Gasteiger partial charge in [-0.3, -0.25) is 0 Å². The van der Waals surface area contributed by atoms with Crippen molar-refractivity contribution in [2.45, 2.75) is 13.0 Å². The summed E-state index contributed by atoms with van der Waals surface area (Å²) in [6, 6.07) is 10.4. The van der Waals surface area contributed by atoms with Crippen LogP contribution in [-0.2, 0) is 0 Å². The monoisotopic (exact) mass is 357 g/mol. The maximum atomic E-state index is 13.4. The van der Waals surface area contributed by atoms with Crippen LogP contribution in [0.2, 0.25) is 5.02 Å². The van der Waals surface area contributed by atoms with Crippen LogP contribution in [0.3, 0.4) is 0 Å². The third-order valence-corrected chi connectivity index (χ3v) is 3.78. The lowest BCUT2D eigenvalue weighted by Crippen LogP contribution is -2.07. The lowest BCUT2D eigenvalue weighted by molar-refractivity contribution is 0.387. The molecular formula is C15H14BrClFNO. The fraction of sp³-hybridized carbons (Fsp3) is 0.200. The number of benzene rings is 2. The van der Waals surface area contributed by atoms with E-state index in [1.54, 1.807) is 12.1 Å². The standard InChI is InChI=1S/C15H14BrClFNO/c1-9(12-5-3-10(16)7-13(12)17)19-11-4-6-14(18)15(8-11)20-2/h3-9,19H,1-2H3. The number of rotatable bonds is 4. The highest BCUT2D eigenvalue weighted by Gasteiger charge is 2.11. The van der Waals surface area contributed by atoms with E-state index in [4.69, 9.17) is 16.3 Å². The molecule has 20 heavy (non-hydrogen) atoms. The molecule has 1 N–H and O–H groups in total. The summed E-state index contributed by atoms with van der Waals surface area (Å²) in [5.74, 6) is -0.170. The first-order valence-corrected chi connectivity index (χ1v) is 7.23. The highest BCUT2D eigenvalue weighted by molar-refractivity contribution is 9.10. The molecule has 0 spiro atoms. The molecule has 0 saturated heterocycles. The smallest absolute Gasteiger partial charge is 0.165 e. The summed E-state index contributed by atoms with van der Waals surface area (Å²) in [6.07, 6.45) is 0. The Kier molecular flexibility index (Phi) is 4.89. The zero-order chi connectivity index (χ0) is 14.7. The van der Waals surface area contributed by atoms with Gasteiger partial charge in [-0.25, -0.2) is 4.39 Å². The van der Waals surface area contributed by atoms with Crippen molar-refractivity contribution in [3.63, 3.8) is 0 Å². The highest BCUT2D eigenvalue weighted by Crippen LogP contribution is 2.30. The molecule has 0 heterocycles. The van der Waals surface area contributed by atoms with Gasteiger partial charge < -0.3 is 10.1 Å². The van der Waals surface area contributed by atoms with Gasteiger partial charge in [0.05, 0.1) is 7.11 Å². The summed E-state index contributed by atoms with van der Waals surface area (Å²) in [5.41, 5.74) is 1.74. The van der Waals surface area contributed by atoms with E-state index in [9.17, 15) is 4.39 Å². The van der Waals surface area contributed by atoms with E-state index < -0.39 is 0 Å². The minimum Gasteiger partial charge on any atom is -0.494 e. The molecule has 1 atom stereocenters. The molecule has 0 aliphatic heterocycles. The normalized spacial score (nSPS) is 12.1. The second-order valence-electron chi connectivity index (χ2n) is 4.38. The SMILES string of the molecule is COc1cc(NC(C)c2ccc(Br)cc2Cl)ccc1F. The molecule has 2 rings (SSSR count). The van der Waals surface area contributed by atoms with E-state index in [1.807, 2.05) is 25.1 Å². The molecule has 2 aromatic carbocycles. The summed E-state index contributed by atoms with van der Waals surface area (Å²) < 4.78 is 19.3. The van der Waals surface area contributed by atoms with E-state index in [1.165, 1.54) is 13.2 Å². The molecule has 0 aromatic heterocycles. The fourth-order valence-electron chi connectivity index (χ4n) is 1.93. The van der Waals surface area contributed by atoms with E-state index in [0.29, 0.717) is 5.02 Å². The van der Waals surface area contributed by atoms with Crippen LogP contribution in [0.15, 0.2) is 40.9 Å². The van der Waals surface area contributed by atoms with Gasteiger partial charge in [0.15, 0.2) is 11.6 Å². The van der Waals surface area contributed by atoms with Crippen LogP contribution in [0.1, 0.15) is 18.5 Å². The van der Waals surface area contributed by atoms with Gasteiger partial charge in [-0.05, 0) is 36.8 Å². The molecule has 0 radical (unpaired) electrons. The number of hydrogen-bond acceptors (Lipinski definition) is 2. The van der Waals surface area contributed by atoms with Crippen molar-refractivity contribution in [1.29, 1.82) is 0 Å². The van der Waals surface area contributed by atoms with Gasteiger partial charge in [0.2, 0.25) is 0 Å². The summed E-state index contributed by atoms with van der Waals surface area (Å²) >= 11 is 9.60. The Balaban J connectivity index is 2.21. The lowest BCUT2D eigenvalue weighted by Gasteiger charge is -2.18. The number of methoxy groups -OCH3 is 1. The number of hydrogen-bond donors (Lipinski definition) is 1. The van der Waals surface area contributed by atoms with Crippen molar-refractivity contribution in [2.24, 2.45) is 0 Å². The van der Waals surface area contributed by atoms with Crippen molar-refractivity contribution in [1.82, 2.24) is 0 Å². The van der Waals surface area contributed by atoms with Crippen molar-refractivity contribution in [2.75, 3.05) is 12.4 Å². The minimum atomic E-state index is -0.382. The second kappa shape index (κ2) is 6.46. The fourth-order valence-corrected chi connectivity index (χ4v) is 2.77. The Labute approximate surface area is 131 Å². The largest absolute Gasteiger partial charge is 0.494 e.